The van der Waals surface area contributed by atoms with E-state index in [0.29, 0.717) is 6.42 Å². The summed E-state index contributed by atoms with van der Waals surface area (Å²) in [6.07, 6.45) is 5.11. The zero-order valence-electron chi connectivity index (χ0n) is 8.79. The smallest absolute Gasteiger partial charge is 0.228 e. The van der Waals surface area contributed by atoms with E-state index in [-0.39, 0.29) is 5.91 Å². The van der Waals surface area contributed by atoms with Crippen LogP contribution < -0.4 is 5.32 Å². The van der Waals surface area contributed by atoms with Crippen molar-refractivity contribution in [3.05, 3.63) is 11.8 Å². The molecule has 0 aromatic heterocycles. The molecule has 1 amide bonds. The predicted octanol–water partition coefficient (Wildman–Crippen LogP) is 0.413. The molecule has 0 radical (unpaired) electrons. The van der Waals surface area contributed by atoms with Gasteiger partial charge in [-0.25, -0.2) is 0 Å². The van der Waals surface area contributed by atoms with E-state index >= 15 is 0 Å². The van der Waals surface area contributed by atoms with Crippen molar-refractivity contribution in [2.75, 3.05) is 27.2 Å². The van der Waals surface area contributed by atoms with Crippen LogP contribution in [0.3, 0.4) is 0 Å². The van der Waals surface area contributed by atoms with Gasteiger partial charge in [0, 0.05) is 38.5 Å². The number of amides is 1. The van der Waals surface area contributed by atoms with Crippen molar-refractivity contribution in [3.63, 3.8) is 0 Å². The summed E-state index contributed by atoms with van der Waals surface area (Å²) in [4.78, 5) is 17.4. The van der Waals surface area contributed by atoms with E-state index in [1.807, 2.05) is 26.4 Å². The molecule has 1 N–H and O–H groups in total. The highest BCUT2D eigenvalue weighted by Crippen LogP contribution is 2.10. The van der Waals surface area contributed by atoms with Gasteiger partial charge in [-0.1, -0.05) is 6.08 Å². The Morgan fingerprint density at radius 3 is 3.07 bits per heavy atom. The number of hydrogen-bond acceptors (Lipinski definition) is 3. The van der Waals surface area contributed by atoms with E-state index in [0.717, 1.165) is 25.2 Å². The lowest BCUT2D eigenvalue weighted by atomic mass is 10.2. The number of carbonyl (C=O) groups excluding carboxylic acids is 1. The maximum absolute atomic E-state index is 11.6. The Labute approximate surface area is 84.7 Å². The summed E-state index contributed by atoms with van der Waals surface area (Å²) in [5.74, 6) is 0.130. The van der Waals surface area contributed by atoms with Gasteiger partial charge in [0.2, 0.25) is 5.91 Å². The molecule has 0 fully saturated rings. The largest absolute Gasteiger partial charge is 0.344 e. The molecule has 78 valence electrons. The minimum absolute atomic E-state index is 0.130. The molecule has 14 heavy (non-hydrogen) atoms. The van der Waals surface area contributed by atoms with E-state index in [1.165, 1.54) is 0 Å². The SMILES string of the molecule is CNCCN(C)C(=O)CC1=CCC=N1. The van der Waals surface area contributed by atoms with Gasteiger partial charge < -0.3 is 10.2 Å². The summed E-state index contributed by atoms with van der Waals surface area (Å²) < 4.78 is 0. The minimum atomic E-state index is 0.130. The van der Waals surface area contributed by atoms with Gasteiger partial charge >= 0.3 is 0 Å². The second kappa shape index (κ2) is 5.54. The number of likely N-dealkylation sites (N-methyl/N-ethyl adjacent to an activating group) is 2. The van der Waals surface area contributed by atoms with Crippen LogP contribution in [0.4, 0.5) is 0 Å². The molecular formula is C10H17N3O. The number of carbonyl (C=O) groups is 1. The Hall–Kier alpha value is -1.16. The third-order valence-electron chi connectivity index (χ3n) is 2.17. The van der Waals surface area contributed by atoms with Gasteiger partial charge in [0.1, 0.15) is 0 Å². The van der Waals surface area contributed by atoms with Crippen LogP contribution in [0.1, 0.15) is 12.8 Å². The van der Waals surface area contributed by atoms with Crippen LogP contribution in [0.15, 0.2) is 16.8 Å². The second-order valence-electron chi connectivity index (χ2n) is 3.34. The molecule has 4 nitrogen and oxygen atoms in total. The van der Waals surface area contributed by atoms with E-state index in [1.54, 1.807) is 4.90 Å². The number of hydrogen-bond donors (Lipinski definition) is 1. The van der Waals surface area contributed by atoms with E-state index in [9.17, 15) is 4.79 Å². The Morgan fingerprint density at radius 1 is 1.71 bits per heavy atom. The number of aliphatic imine (C=N–C) groups is 1. The van der Waals surface area contributed by atoms with Gasteiger partial charge in [0.05, 0.1) is 6.42 Å². The summed E-state index contributed by atoms with van der Waals surface area (Å²) in [5, 5.41) is 3.01. The molecule has 1 rings (SSSR count). The Morgan fingerprint density at radius 2 is 2.50 bits per heavy atom. The molecule has 0 aromatic carbocycles. The Bertz CT molecular complexity index is 258. The van der Waals surface area contributed by atoms with Crippen LogP contribution in [-0.4, -0.2) is 44.2 Å². The number of rotatable bonds is 5. The lowest BCUT2D eigenvalue weighted by Gasteiger charge is -2.16. The van der Waals surface area contributed by atoms with Crippen molar-refractivity contribution in [2.24, 2.45) is 4.99 Å². The van der Waals surface area contributed by atoms with Gasteiger partial charge in [0.25, 0.3) is 0 Å². The number of nitrogens with zero attached hydrogens (tertiary/aromatic N) is 2. The topological polar surface area (TPSA) is 44.7 Å². The summed E-state index contributed by atoms with van der Waals surface area (Å²) in [7, 11) is 3.70. The normalized spacial score (nSPS) is 14.3. The van der Waals surface area contributed by atoms with Gasteiger partial charge in [-0.05, 0) is 7.05 Å². The van der Waals surface area contributed by atoms with Crippen LogP contribution in [0.2, 0.25) is 0 Å². The molecule has 0 aromatic rings. The molecule has 0 aliphatic carbocycles. The highest BCUT2D eigenvalue weighted by atomic mass is 16.2. The van der Waals surface area contributed by atoms with E-state index in [2.05, 4.69) is 10.3 Å². The minimum Gasteiger partial charge on any atom is -0.344 e. The van der Waals surface area contributed by atoms with Crippen molar-refractivity contribution >= 4 is 12.1 Å². The van der Waals surface area contributed by atoms with Gasteiger partial charge in [-0.15, -0.1) is 0 Å². The average molecular weight is 195 g/mol. The zero-order valence-corrected chi connectivity index (χ0v) is 8.79. The molecular weight excluding hydrogens is 178 g/mol. The van der Waals surface area contributed by atoms with E-state index in [4.69, 9.17) is 0 Å². The molecule has 0 bridgehead atoms. The highest BCUT2D eigenvalue weighted by Gasteiger charge is 2.11. The summed E-state index contributed by atoms with van der Waals surface area (Å²) in [6.45, 7) is 1.57. The molecule has 0 atom stereocenters. The fraction of sp³-hybridized carbons (Fsp3) is 0.600. The zero-order chi connectivity index (χ0) is 10.4. The van der Waals surface area contributed by atoms with Crippen LogP contribution in [-0.2, 0) is 4.79 Å². The Balaban J connectivity index is 2.30. The molecule has 0 saturated carbocycles. The van der Waals surface area contributed by atoms with E-state index < -0.39 is 0 Å². The Kier molecular flexibility index (Phi) is 4.32. The van der Waals surface area contributed by atoms with Crippen molar-refractivity contribution in [2.45, 2.75) is 12.8 Å². The molecule has 4 heteroatoms. The molecule has 1 heterocycles. The van der Waals surface area contributed by atoms with Crippen molar-refractivity contribution in [3.8, 4) is 0 Å². The highest BCUT2D eigenvalue weighted by molar-refractivity contribution is 5.80. The van der Waals surface area contributed by atoms with Crippen LogP contribution in [0, 0.1) is 0 Å². The lowest BCUT2D eigenvalue weighted by Crippen LogP contribution is -2.32. The second-order valence-corrected chi connectivity index (χ2v) is 3.34. The average Bonchev–Trinajstić information content (AvgIpc) is 2.66. The first-order valence-electron chi connectivity index (χ1n) is 4.84. The molecule has 0 saturated heterocycles. The van der Waals surface area contributed by atoms with Crippen LogP contribution in [0.5, 0.6) is 0 Å². The van der Waals surface area contributed by atoms with Crippen molar-refractivity contribution in [1.82, 2.24) is 10.2 Å². The third-order valence-corrected chi connectivity index (χ3v) is 2.17. The predicted molar refractivity (Wildman–Crippen MR) is 57.4 cm³/mol. The summed E-state index contributed by atoms with van der Waals surface area (Å²) >= 11 is 0. The van der Waals surface area contributed by atoms with Gasteiger partial charge in [-0.2, -0.15) is 0 Å². The van der Waals surface area contributed by atoms with Gasteiger partial charge in [0.15, 0.2) is 0 Å². The maximum Gasteiger partial charge on any atom is 0.228 e. The quantitative estimate of drug-likeness (QED) is 0.690. The van der Waals surface area contributed by atoms with Crippen molar-refractivity contribution < 1.29 is 4.79 Å². The lowest BCUT2D eigenvalue weighted by molar-refractivity contribution is -0.129. The summed E-state index contributed by atoms with van der Waals surface area (Å²) in [6, 6.07) is 0. The van der Waals surface area contributed by atoms with Crippen molar-refractivity contribution in [1.29, 1.82) is 0 Å². The molecule has 1 aliphatic heterocycles. The molecule has 0 unspecified atom stereocenters. The number of allylic oxidation sites excluding steroid dienone is 1. The molecule has 1 aliphatic rings. The summed E-state index contributed by atoms with van der Waals surface area (Å²) in [5.41, 5.74) is 0.895. The fourth-order valence-corrected chi connectivity index (χ4v) is 1.22. The maximum atomic E-state index is 11.6. The van der Waals surface area contributed by atoms with Crippen LogP contribution >= 0.6 is 0 Å². The van der Waals surface area contributed by atoms with Crippen LogP contribution in [0.25, 0.3) is 0 Å². The molecule has 0 spiro atoms. The monoisotopic (exact) mass is 195 g/mol. The standard InChI is InChI=1S/C10H17N3O/c1-11-6-7-13(2)10(14)8-9-4-3-5-12-9/h4-5,11H,3,6-8H2,1-2H3. The first-order valence-corrected chi connectivity index (χ1v) is 4.84. The first-order chi connectivity index (χ1) is 6.74. The van der Waals surface area contributed by atoms with Gasteiger partial charge in [-0.3, -0.25) is 9.79 Å². The number of nitrogens with one attached hydrogen (secondary N) is 1. The fourth-order valence-electron chi connectivity index (χ4n) is 1.22. The third kappa shape index (κ3) is 3.30. The first kappa shape index (κ1) is 10.9.